The van der Waals surface area contributed by atoms with E-state index in [4.69, 9.17) is 11.5 Å². The molecule has 0 amide bonds. The van der Waals surface area contributed by atoms with Crippen molar-refractivity contribution in [2.75, 3.05) is 0 Å². The first kappa shape index (κ1) is 11.2. The molecule has 0 radical (unpaired) electrons. The lowest BCUT2D eigenvalue weighted by atomic mass is 10.1. The zero-order chi connectivity index (χ0) is 11.7. The summed E-state index contributed by atoms with van der Waals surface area (Å²) in [4.78, 5) is 0. The van der Waals surface area contributed by atoms with Gasteiger partial charge in [0.2, 0.25) is 0 Å². The van der Waals surface area contributed by atoms with Crippen LogP contribution in [-0.2, 0) is 13.1 Å². The Morgan fingerprint density at radius 1 is 1.19 bits per heavy atom. The molecule has 86 valence electrons. The summed E-state index contributed by atoms with van der Waals surface area (Å²) in [6.45, 7) is 5.51. The highest BCUT2D eigenvalue weighted by Crippen LogP contribution is 2.25. The number of benzene rings is 1. The van der Waals surface area contributed by atoms with Crippen LogP contribution in [0.4, 0.5) is 0 Å². The zero-order valence-corrected chi connectivity index (χ0v) is 9.90. The van der Waals surface area contributed by atoms with Gasteiger partial charge in [0.25, 0.3) is 0 Å². The minimum atomic E-state index is 0.441. The Labute approximate surface area is 96.0 Å². The van der Waals surface area contributed by atoms with Crippen LogP contribution in [0.25, 0.3) is 10.9 Å². The van der Waals surface area contributed by atoms with E-state index in [0.29, 0.717) is 19.1 Å². The number of rotatable bonds is 3. The van der Waals surface area contributed by atoms with Gasteiger partial charge in [-0.05, 0) is 31.0 Å². The Balaban J connectivity index is 2.70. The van der Waals surface area contributed by atoms with E-state index in [2.05, 4.69) is 42.8 Å². The van der Waals surface area contributed by atoms with Gasteiger partial charge in [0.15, 0.2) is 0 Å². The van der Waals surface area contributed by atoms with Crippen molar-refractivity contribution in [1.82, 2.24) is 4.57 Å². The molecule has 0 aliphatic carbocycles. The van der Waals surface area contributed by atoms with Crippen LogP contribution >= 0.6 is 0 Å². The lowest BCUT2D eigenvalue weighted by Crippen LogP contribution is -2.00. The minimum Gasteiger partial charge on any atom is -0.345 e. The first-order valence-corrected chi connectivity index (χ1v) is 5.70. The average Bonchev–Trinajstić information content (AvgIpc) is 2.66. The van der Waals surface area contributed by atoms with Gasteiger partial charge < -0.3 is 16.0 Å². The van der Waals surface area contributed by atoms with Gasteiger partial charge in [-0.25, -0.2) is 0 Å². The molecule has 16 heavy (non-hydrogen) atoms. The van der Waals surface area contributed by atoms with Gasteiger partial charge in [-0.15, -0.1) is 0 Å². The van der Waals surface area contributed by atoms with Crippen LogP contribution in [0.3, 0.4) is 0 Å². The van der Waals surface area contributed by atoms with E-state index in [9.17, 15) is 0 Å². The van der Waals surface area contributed by atoms with E-state index in [1.165, 1.54) is 16.5 Å². The third kappa shape index (κ3) is 1.72. The van der Waals surface area contributed by atoms with Gasteiger partial charge in [-0.3, -0.25) is 0 Å². The molecule has 4 N–H and O–H groups in total. The van der Waals surface area contributed by atoms with Crippen molar-refractivity contribution < 1.29 is 0 Å². The number of nitrogens with two attached hydrogens (primary N) is 2. The number of aromatic nitrogens is 1. The predicted molar refractivity (Wildman–Crippen MR) is 68.1 cm³/mol. The second-order valence-corrected chi connectivity index (χ2v) is 4.42. The van der Waals surface area contributed by atoms with Crippen LogP contribution in [0.1, 0.15) is 31.0 Å². The van der Waals surface area contributed by atoms with Gasteiger partial charge in [-0.2, -0.15) is 0 Å². The van der Waals surface area contributed by atoms with Crippen LogP contribution in [0.15, 0.2) is 24.4 Å². The maximum Gasteiger partial charge on any atom is 0.0489 e. The number of nitrogens with zero attached hydrogens (tertiary/aromatic N) is 1. The van der Waals surface area contributed by atoms with Crippen LogP contribution in [0.5, 0.6) is 0 Å². The summed E-state index contributed by atoms with van der Waals surface area (Å²) in [5, 5.41) is 1.24. The Kier molecular flexibility index (Phi) is 2.99. The molecule has 0 unspecified atom stereocenters. The molecule has 3 nitrogen and oxygen atoms in total. The molecule has 2 rings (SSSR count). The number of fused-ring (bicyclic) bond motifs is 1. The Hall–Kier alpha value is -1.32. The van der Waals surface area contributed by atoms with Crippen molar-refractivity contribution in [3.63, 3.8) is 0 Å². The third-order valence-corrected chi connectivity index (χ3v) is 2.99. The molecule has 0 bridgehead atoms. The fourth-order valence-corrected chi connectivity index (χ4v) is 2.09. The smallest absolute Gasteiger partial charge is 0.0489 e. The molecule has 1 aromatic heterocycles. The van der Waals surface area contributed by atoms with Crippen molar-refractivity contribution in [3.8, 4) is 0 Å². The first-order valence-electron chi connectivity index (χ1n) is 5.70. The molecule has 0 saturated carbocycles. The van der Waals surface area contributed by atoms with Gasteiger partial charge in [0.1, 0.15) is 0 Å². The lowest BCUT2D eigenvalue weighted by Gasteiger charge is -2.09. The van der Waals surface area contributed by atoms with Crippen molar-refractivity contribution in [2.45, 2.75) is 33.0 Å². The monoisotopic (exact) mass is 217 g/mol. The summed E-state index contributed by atoms with van der Waals surface area (Å²) < 4.78 is 2.26. The van der Waals surface area contributed by atoms with Gasteiger partial charge in [-0.1, -0.05) is 12.1 Å². The third-order valence-electron chi connectivity index (χ3n) is 2.99. The molecule has 0 saturated heterocycles. The maximum absolute atomic E-state index is 5.76. The van der Waals surface area contributed by atoms with Crippen molar-refractivity contribution in [2.24, 2.45) is 11.5 Å². The highest BCUT2D eigenvalue weighted by atomic mass is 15.0. The molecule has 0 aliphatic rings. The Bertz CT molecular complexity index is 497. The fourth-order valence-electron chi connectivity index (χ4n) is 2.09. The summed E-state index contributed by atoms with van der Waals surface area (Å²) in [5.74, 6) is 0. The van der Waals surface area contributed by atoms with Gasteiger partial charge >= 0.3 is 0 Å². The zero-order valence-electron chi connectivity index (χ0n) is 9.90. The molecule has 2 aromatic rings. The van der Waals surface area contributed by atoms with E-state index >= 15 is 0 Å². The fraction of sp³-hybridized carbons (Fsp3) is 0.385. The highest BCUT2D eigenvalue weighted by molar-refractivity contribution is 5.84. The standard InChI is InChI=1S/C13H19N3/c1-9(2)16-8-11(7-15)12-4-3-10(6-14)5-13(12)16/h3-5,8-9H,6-7,14-15H2,1-2H3. The normalized spacial score (nSPS) is 11.6. The molecular formula is C13H19N3. The SMILES string of the molecule is CC(C)n1cc(CN)c2ccc(CN)cc21. The first-order chi connectivity index (χ1) is 7.67. The Morgan fingerprint density at radius 2 is 1.94 bits per heavy atom. The minimum absolute atomic E-state index is 0.441. The maximum atomic E-state index is 5.76. The summed E-state index contributed by atoms with van der Waals surface area (Å²) >= 11 is 0. The van der Waals surface area contributed by atoms with E-state index in [1.54, 1.807) is 0 Å². The molecule has 0 aliphatic heterocycles. The van der Waals surface area contributed by atoms with Crippen molar-refractivity contribution in [3.05, 3.63) is 35.5 Å². The van der Waals surface area contributed by atoms with Crippen LogP contribution in [0, 0.1) is 0 Å². The van der Waals surface area contributed by atoms with Crippen LogP contribution in [0.2, 0.25) is 0 Å². The molecule has 0 atom stereocenters. The van der Waals surface area contributed by atoms with E-state index in [0.717, 1.165) is 5.56 Å². The lowest BCUT2D eigenvalue weighted by molar-refractivity contribution is 0.620. The molecule has 0 spiro atoms. The number of hydrogen-bond donors (Lipinski definition) is 2. The topological polar surface area (TPSA) is 57.0 Å². The second kappa shape index (κ2) is 4.28. The van der Waals surface area contributed by atoms with Crippen molar-refractivity contribution in [1.29, 1.82) is 0 Å². The van der Waals surface area contributed by atoms with Gasteiger partial charge in [0.05, 0.1) is 0 Å². The summed E-state index contributed by atoms with van der Waals surface area (Å²) in [6.07, 6.45) is 2.15. The molecule has 0 fully saturated rings. The summed E-state index contributed by atoms with van der Waals surface area (Å²) in [5.41, 5.74) is 15.0. The molecule has 1 heterocycles. The van der Waals surface area contributed by atoms with Crippen LogP contribution in [-0.4, -0.2) is 4.57 Å². The molecule has 3 heteroatoms. The molecule has 1 aromatic carbocycles. The quantitative estimate of drug-likeness (QED) is 0.827. The highest BCUT2D eigenvalue weighted by Gasteiger charge is 2.09. The summed E-state index contributed by atoms with van der Waals surface area (Å²) in [7, 11) is 0. The van der Waals surface area contributed by atoms with Crippen molar-refractivity contribution >= 4 is 10.9 Å². The Morgan fingerprint density at radius 3 is 2.50 bits per heavy atom. The largest absolute Gasteiger partial charge is 0.345 e. The second-order valence-electron chi connectivity index (χ2n) is 4.42. The van der Waals surface area contributed by atoms with E-state index in [1.807, 2.05) is 0 Å². The van der Waals surface area contributed by atoms with E-state index < -0.39 is 0 Å². The average molecular weight is 217 g/mol. The van der Waals surface area contributed by atoms with E-state index in [-0.39, 0.29) is 0 Å². The van der Waals surface area contributed by atoms with Gasteiger partial charge in [0, 0.05) is 36.2 Å². The number of hydrogen-bond acceptors (Lipinski definition) is 2. The predicted octanol–water partition coefficient (Wildman–Crippen LogP) is 2.14. The summed E-state index contributed by atoms with van der Waals surface area (Å²) in [6, 6.07) is 6.80. The van der Waals surface area contributed by atoms with Crippen LogP contribution < -0.4 is 11.5 Å². The molecular weight excluding hydrogens is 198 g/mol.